The Bertz CT molecular complexity index is 438. The van der Waals surface area contributed by atoms with E-state index >= 15 is 0 Å². The summed E-state index contributed by atoms with van der Waals surface area (Å²) in [6.45, 7) is 5.66. The van der Waals surface area contributed by atoms with E-state index in [1.807, 2.05) is 51.1 Å². The van der Waals surface area contributed by atoms with E-state index in [1.54, 1.807) is 0 Å². The molecule has 2 nitrogen and oxygen atoms in total. The Kier molecular flexibility index (Phi) is 3.82. The largest absolute Gasteiger partial charge is 0.377 e. The highest BCUT2D eigenvalue weighted by atomic mass is 16.3. The lowest BCUT2D eigenvalue weighted by Gasteiger charge is -2.37. The van der Waals surface area contributed by atoms with Gasteiger partial charge in [0.2, 0.25) is 0 Å². The van der Waals surface area contributed by atoms with Gasteiger partial charge < -0.3 is 5.11 Å². The standard InChI is InChI=1S/C17H24O2/c1-16(2,3)15(18)17(19,14-11-7-8-12-14)13-9-5-4-6-10-13/h4-6,9-10,14,19H,7-8,11-12H2,1-3H3. The van der Waals surface area contributed by atoms with Crippen LogP contribution in [0.5, 0.6) is 0 Å². The van der Waals surface area contributed by atoms with Crippen LogP contribution >= 0.6 is 0 Å². The van der Waals surface area contributed by atoms with Crippen LogP contribution < -0.4 is 0 Å². The maximum atomic E-state index is 12.8. The summed E-state index contributed by atoms with van der Waals surface area (Å²) >= 11 is 0. The van der Waals surface area contributed by atoms with Crippen LogP contribution in [0.25, 0.3) is 0 Å². The molecule has 1 aliphatic carbocycles. The Labute approximate surface area is 115 Å². The van der Waals surface area contributed by atoms with E-state index in [2.05, 4.69) is 0 Å². The van der Waals surface area contributed by atoms with Crippen LogP contribution in [-0.2, 0) is 10.4 Å². The monoisotopic (exact) mass is 260 g/mol. The van der Waals surface area contributed by atoms with Crippen LogP contribution in [0.4, 0.5) is 0 Å². The molecule has 0 radical (unpaired) electrons. The van der Waals surface area contributed by atoms with Gasteiger partial charge in [-0.3, -0.25) is 4.79 Å². The Balaban J connectivity index is 2.47. The molecule has 1 unspecified atom stereocenters. The van der Waals surface area contributed by atoms with E-state index in [-0.39, 0.29) is 11.7 Å². The molecule has 19 heavy (non-hydrogen) atoms. The summed E-state index contributed by atoms with van der Waals surface area (Å²) in [6.07, 6.45) is 4.09. The van der Waals surface area contributed by atoms with Gasteiger partial charge in [-0.25, -0.2) is 0 Å². The van der Waals surface area contributed by atoms with Gasteiger partial charge in [0.15, 0.2) is 11.4 Å². The molecule has 104 valence electrons. The van der Waals surface area contributed by atoms with Crippen LogP contribution in [0, 0.1) is 11.3 Å². The van der Waals surface area contributed by atoms with Crippen molar-refractivity contribution in [2.24, 2.45) is 11.3 Å². The van der Waals surface area contributed by atoms with Crippen molar-refractivity contribution in [2.45, 2.75) is 52.1 Å². The molecule has 1 aliphatic rings. The minimum Gasteiger partial charge on any atom is -0.377 e. The minimum atomic E-state index is -1.32. The minimum absolute atomic E-state index is 0.0571. The van der Waals surface area contributed by atoms with Gasteiger partial charge in [0.05, 0.1) is 0 Å². The Morgan fingerprint density at radius 1 is 1.11 bits per heavy atom. The van der Waals surface area contributed by atoms with Crippen molar-refractivity contribution in [3.05, 3.63) is 35.9 Å². The molecule has 1 aromatic rings. The third-order valence-electron chi connectivity index (χ3n) is 4.19. The van der Waals surface area contributed by atoms with Crippen molar-refractivity contribution in [2.75, 3.05) is 0 Å². The van der Waals surface area contributed by atoms with Crippen LogP contribution in [0.2, 0.25) is 0 Å². The zero-order chi connectivity index (χ0) is 14.1. The van der Waals surface area contributed by atoms with Gasteiger partial charge in [-0.15, -0.1) is 0 Å². The zero-order valence-corrected chi connectivity index (χ0v) is 12.1. The number of rotatable bonds is 3. The van der Waals surface area contributed by atoms with E-state index in [9.17, 15) is 9.90 Å². The first-order valence-electron chi connectivity index (χ1n) is 7.19. The first-order valence-corrected chi connectivity index (χ1v) is 7.19. The molecule has 0 aliphatic heterocycles. The molecule has 2 rings (SSSR count). The number of carbonyl (C=O) groups excluding carboxylic acids is 1. The van der Waals surface area contributed by atoms with E-state index in [1.165, 1.54) is 0 Å². The van der Waals surface area contributed by atoms with E-state index < -0.39 is 11.0 Å². The first-order chi connectivity index (χ1) is 8.87. The van der Waals surface area contributed by atoms with Crippen molar-refractivity contribution >= 4 is 5.78 Å². The number of hydrogen-bond donors (Lipinski definition) is 1. The molecular formula is C17H24O2. The van der Waals surface area contributed by atoms with E-state index in [0.29, 0.717) is 0 Å². The molecule has 1 aromatic carbocycles. The summed E-state index contributed by atoms with van der Waals surface area (Å²) in [7, 11) is 0. The van der Waals surface area contributed by atoms with E-state index in [4.69, 9.17) is 0 Å². The van der Waals surface area contributed by atoms with Crippen molar-refractivity contribution < 1.29 is 9.90 Å². The van der Waals surface area contributed by atoms with Crippen molar-refractivity contribution in [1.29, 1.82) is 0 Å². The van der Waals surface area contributed by atoms with E-state index in [0.717, 1.165) is 31.2 Å². The molecule has 0 saturated heterocycles. The molecule has 1 fully saturated rings. The molecule has 2 heteroatoms. The lowest BCUT2D eigenvalue weighted by Crippen LogP contribution is -2.47. The quantitative estimate of drug-likeness (QED) is 0.900. The average molecular weight is 260 g/mol. The van der Waals surface area contributed by atoms with Crippen molar-refractivity contribution in [3.63, 3.8) is 0 Å². The van der Waals surface area contributed by atoms with Crippen LogP contribution in [0.3, 0.4) is 0 Å². The SMILES string of the molecule is CC(C)(C)C(=O)C(O)(c1ccccc1)C1CCCC1. The smallest absolute Gasteiger partial charge is 0.174 e. The maximum absolute atomic E-state index is 12.8. The second-order valence-electron chi connectivity index (χ2n) is 6.69. The van der Waals surface area contributed by atoms with Gasteiger partial charge in [-0.05, 0) is 24.3 Å². The summed E-state index contributed by atoms with van der Waals surface area (Å²) in [5.74, 6) is -0.000255. The highest BCUT2D eigenvalue weighted by molar-refractivity contribution is 5.92. The fourth-order valence-corrected chi connectivity index (χ4v) is 3.16. The highest BCUT2D eigenvalue weighted by Crippen LogP contribution is 2.44. The third-order valence-corrected chi connectivity index (χ3v) is 4.19. The van der Waals surface area contributed by atoms with Crippen LogP contribution in [0.15, 0.2) is 30.3 Å². The van der Waals surface area contributed by atoms with Gasteiger partial charge >= 0.3 is 0 Å². The molecule has 0 amide bonds. The molecule has 1 N–H and O–H groups in total. The number of carbonyl (C=O) groups is 1. The summed E-state index contributed by atoms with van der Waals surface area (Å²) in [4.78, 5) is 12.8. The summed E-state index contributed by atoms with van der Waals surface area (Å²) in [6, 6.07) is 9.46. The number of hydrogen-bond acceptors (Lipinski definition) is 2. The third kappa shape index (κ3) is 2.59. The summed E-state index contributed by atoms with van der Waals surface area (Å²) in [5.41, 5.74) is -1.11. The Morgan fingerprint density at radius 2 is 1.63 bits per heavy atom. The fraction of sp³-hybridized carbons (Fsp3) is 0.588. The summed E-state index contributed by atoms with van der Waals surface area (Å²) < 4.78 is 0. The van der Waals surface area contributed by atoms with Gasteiger partial charge in [-0.2, -0.15) is 0 Å². The van der Waals surface area contributed by atoms with Crippen molar-refractivity contribution in [1.82, 2.24) is 0 Å². The lowest BCUT2D eigenvalue weighted by atomic mass is 9.69. The first kappa shape index (κ1) is 14.3. The molecule has 1 saturated carbocycles. The second-order valence-corrected chi connectivity index (χ2v) is 6.69. The number of Topliss-reactive ketones (excluding diaryl/α,β-unsaturated/α-hetero) is 1. The molecular weight excluding hydrogens is 236 g/mol. The van der Waals surface area contributed by atoms with Crippen LogP contribution in [0.1, 0.15) is 52.0 Å². The Hall–Kier alpha value is -1.15. The summed E-state index contributed by atoms with van der Waals surface area (Å²) in [5, 5.41) is 11.2. The van der Waals surface area contributed by atoms with Gasteiger partial charge in [-0.1, -0.05) is 63.9 Å². The average Bonchev–Trinajstić information content (AvgIpc) is 2.91. The van der Waals surface area contributed by atoms with Gasteiger partial charge in [0.1, 0.15) is 0 Å². The lowest BCUT2D eigenvalue weighted by molar-refractivity contribution is -0.153. The second kappa shape index (κ2) is 5.09. The maximum Gasteiger partial charge on any atom is 0.174 e. The number of aliphatic hydroxyl groups is 1. The number of ketones is 1. The molecule has 0 aromatic heterocycles. The molecule has 1 atom stereocenters. The van der Waals surface area contributed by atoms with Crippen molar-refractivity contribution in [3.8, 4) is 0 Å². The Morgan fingerprint density at radius 3 is 2.11 bits per heavy atom. The molecule has 0 heterocycles. The molecule has 0 bridgehead atoms. The number of benzene rings is 1. The normalized spacial score (nSPS) is 20.2. The molecule has 0 spiro atoms. The fourth-order valence-electron chi connectivity index (χ4n) is 3.16. The topological polar surface area (TPSA) is 37.3 Å². The van der Waals surface area contributed by atoms with Gasteiger partial charge in [0.25, 0.3) is 0 Å². The highest BCUT2D eigenvalue weighted by Gasteiger charge is 2.49. The predicted octanol–water partition coefficient (Wildman–Crippen LogP) is 3.68. The van der Waals surface area contributed by atoms with Gasteiger partial charge in [0, 0.05) is 5.41 Å². The predicted molar refractivity (Wildman–Crippen MR) is 76.8 cm³/mol. The zero-order valence-electron chi connectivity index (χ0n) is 12.1. The van der Waals surface area contributed by atoms with Crippen LogP contribution in [-0.4, -0.2) is 10.9 Å².